The highest BCUT2D eigenvalue weighted by molar-refractivity contribution is 4.83. The van der Waals surface area contributed by atoms with Crippen molar-refractivity contribution in [1.82, 2.24) is 15.1 Å². The number of rotatable bonds is 6. The summed E-state index contributed by atoms with van der Waals surface area (Å²) in [6.07, 6.45) is 3.67. The average molecular weight is 271 g/mol. The first-order valence-corrected chi connectivity index (χ1v) is 7.65. The van der Waals surface area contributed by atoms with E-state index in [0.29, 0.717) is 25.2 Å². The van der Waals surface area contributed by atoms with Gasteiger partial charge in [-0.05, 0) is 67.2 Å². The van der Waals surface area contributed by atoms with E-state index in [4.69, 9.17) is 0 Å². The van der Waals surface area contributed by atoms with E-state index < -0.39 is 5.60 Å². The van der Waals surface area contributed by atoms with Crippen molar-refractivity contribution in [2.24, 2.45) is 0 Å². The second-order valence-corrected chi connectivity index (χ2v) is 6.87. The van der Waals surface area contributed by atoms with Gasteiger partial charge in [-0.1, -0.05) is 0 Å². The zero-order valence-corrected chi connectivity index (χ0v) is 13.4. The number of nitrogens with one attached hydrogen (secondary N) is 1. The smallest absolute Gasteiger partial charge is 0.0869 e. The summed E-state index contributed by atoms with van der Waals surface area (Å²) in [5.41, 5.74) is -0.645. The monoisotopic (exact) mass is 271 g/mol. The van der Waals surface area contributed by atoms with E-state index in [1.165, 1.54) is 32.4 Å². The van der Waals surface area contributed by atoms with Gasteiger partial charge in [-0.2, -0.15) is 0 Å². The van der Waals surface area contributed by atoms with Crippen molar-refractivity contribution in [2.75, 3.05) is 40.3 Å². The molecule has 0 aromatic rings. The Morgan fingerprint density at radius 1 is 1.32 bits per heavy atom. The summed E-state index contributed by atoms with van der Waals surface area (Å²) < 4.78 is 0. The van der Waals surface area contributed by atoms with Crippen LogP contribution in [-0.4, -0.2) is 72.9 Å². The van der Waals surface area contributed by atoms with Gasteiger partial charge in [0.25, 0.3) is 0 Å². The van der Waals surface area contributed by atoms with Crippen LogP contribution in [0.5, 0.6) is 0 Å². The Kier molecular flexibility index (Phi) is 6.74. The quantitative estimate of drug-likeness (QED) is 0.760. The maximum atomic E-state index is 10.3. The first-order valence-electron chi connectivity index (χ1n) is 7.65. The molecule has 1 heterocycles. The minimum atomic E-state index is -0.645. The predicted molar refractivity (Wildman–Crippen MR) is 81.5 cm³/mol. The molecule has 0 radical (unpaired) electrons. The lowest BCUT2D eigenvalue weighted by molar-refractivity contribution is 0.0308. The van der Waals surface area contributed by atoms with Crippen LogP contribution in [0.25, 0.3) is 0 Å². The normalized spacial score (nSPS) is 25.6. The van der Waals surface area contributed by atoms with Gasteiger partial charge in [-0.15, -0.1) is 0 Å². The Morgan fingerprint density at radius 2 is 2.00 bits per heavy atom. The van der Waals surface area contributed by atoms with Crippen LogP contribution in [0.15, 0.2) is 0 Å². The molecular weight excluding hydrogens is 238 g/mol. The summed E-state index contributed by atoms with van der Waals surface area (Å²) >= 11 is 0. The van der Waals surface area contributed by atoms with E-state index >= 15 is 0 Å². The molecule has 0 bridgehead atoms. The summed E-state index contributed by atoms with van der Waals surface area (Å²) in [6, 6.07) is 1.20. The van der Waals surface area contributed by atoms with Crippen molar-refractivity contribution in [3.8, 4) is 0 Å². The number of aliphatic hydroxyl groups is 1. The summed E-state index contributed by atoms with van der Waals surface area (Å²) in [5.74, 6) is 0. The molecule has 0 amide bonds. The van der Waals surface area contributed by atoms with Gasteiger partial charge in [0, 0.05) is 25.2 Å². The molecule has 2 unspecified atom stereocenters. The third-order valence-electron chi connectivity index (χ3n) is 3.92. The zero-order chi connectivity index (χ0) is 14.5. The van der Waals surface area contributed by atoms with Crippen LogP contribution in [-0.2, 0) is 0 Å². The molecule has 114 valence electrons. The van der Waals surface area contributed by atoms with E-state index in [1.54, 1.807) is 0 Å². The van der Waals surface area contributed by atoms with E-state index in [1.807, 2.05) is 25.9 Å². The highest BCUT2D eigenvalue weighted by Gasteiger charge is 2.24. The SMILES string of the molecule is CC(C)N1CCCC(NCC(C)(O)CN(C)C)CC1. The molecule has 1 aliphatic rings. The fraction of sp³-hybridized carbons (Fsp3) is 1.00. The number of likely N-dealkylation sites (tertiary alicyclic amines) is 1. The fourth-order valence-corrected chi connectivity index (χ4v) is 2.94. The molecule has 0 aliphatic carbocycles. The molecule has 0 aromatic carbocycles. The lowest BCUT2D eigenvalue weighted by Crippen LogP contribution is -2.48. The van der Waals surface area contributed by atoms with Crippen molar-refractivity contribution in [2.45, 2.75) is 57.7 Å². The Bertz CT molecular complexity index is 254. The lowest BCUT2D eigenvalue weighted by atomic mass is 10.0. The van der Waals surface area contributed by atoms with Gasteiger partial charge in [-0.25, -0.2) is 0 Å². The van der Waals surface area contributed by atoms with Gasteiger partial charge < -0.3 is 20.2 Å². The Morgan fingerprint density at radius 3 is 2.58 bits per heavy atom. The summed E-state index contributed by atoms with van der Waals surface area (Å²) in [5, 5.41) is 13.9. The van der Waals surface area contributed by atoms with E-state index in [-0.39, 0.29) is 0 Å². The molecule has 1 fully saturated rings. The van der Waals surface area contributed by atoms with Gasteiger partial charge in [0.2, 0.25) is 0 Å². The Labute approximate surface area is 119 Å². The topological polar surface area (TPSA) is 38.7 Å². The summed E-state index contributed by atoms with van der Waals surface area (Å²) in [4.78, 5) is 4.59. The third-order valence-corrected chi connectivity index (χ3v) is 3.92. The van der Waals surface area contributed by atoms with Crippen molar-refractivity contribution in [3.63, 3.8) is 0 Å². The molecule has 1 saturated heterocycles. The van der Waals surface area contributed by atoms with Crippen LogP contribution in [0, 0.1) is 0 Å². The molecule has 4 heteroatoms. The standard InChI is InChI=1S/C15H33N3O/c1-13(2)18-9-6-7-14(8-10-18)16-11-15(3,19)12-17(4)5/h13-14,16,19H,6-12H2,1-5H3. The van der Waals surface area contributed by atoms with E-state index in [0.717, 1.165) is 0 Å². The van der Waals surface area contributed by atoms with Gasteiger partial charge in [-0.3, -0.25) is 0 Å². The Hall–Kier alpha value is -0.160. The van der Waals surface area contributed by atoms with E-state index in [9.17, 15) is 5.11 Å². The lowest BCUT2D eigenvalue weighted by Gasteiger charge is -2.29. The minimum absolute atomic E-state index is 0.553. The Balaban J connectivity index is 2.33. The second-order valence-electron chi connectivity index (χ2n) is 6.87. The van der Waals surface area contributed by atoms with Gasteiger partial charge in [0.15, 0.2) is 0 Å². The van der Waals surface area contributed by atoms with Crippen LogP contribution >= 0.6 is 0 Å². The van der Waals surface area contributed by atoms with Gasteiger partial charge in [0.1, 0.15) is 0 Å². The molecule has 1 aliphatic heterocycles. The number of hydrogen-bond donors (Lipinski definition) is 2. The summed E-state index contributed by atoms with van der Waals surface area (Å²) in [7, 11) is 4.00. The molecule has 0 saturated carbocycles. The second kappa shape index (κ2) is 7.58. The molecule has 1 rings (SSSR count). The zero-order valence-electron chi connectivity index (χ0n) is 13.4. The van der Waals surface area contributed by atoms with Crippen LogP contribution in [0.3, 0.4) is 0 Å². The average Bonchev–Trinajstić information content (AvgIpc) is 2.50. The molecule has 19 heavy (non-hydrogen) atoms. The van der Waals surface area contributed by atoms with Crippen LogP contribution in [0.1, 0.15) is 40.0 Å². The number of likely N-dealkylation sites (N-methyl/N-ethyl adjacent to an activating group) is 1. The van der Waals surface area contributed by atoms with Crippen LogP contribution < -0.4 is 5.32 Å². The highest BCUT2D eigenvalue weighted by atomic mass is 16.3. The van der Waals surface area contributed by atoms with Crippen LogP contribution in [0.2, 0.25) is 0 Å². The molecule has 2 N–H and O–H groups in total. The molecule has 0 spiro atoms. The maximum Gasteiger partial charge on any atom is 0.0869 e. The van der Waals surface area contributed by atoms with Crippen molar-refractivity contribution in [3.05, 3.63) is 0 Å². The van der Waals surface area contributed by atoms with Crippen molar-refractivity contribution in [1.29, 1.82) is 0 Å². The number of nitrogens with zero attached hydrogens (tertiary/aromatic N) is 2. The van der Waals surface area contributed by atoms with Gasteiger partial charge >= 0.3 is 0 Å². The summed E-state index contributed by atoms with van der Waals surface area (Å²) in [6.45, 7) is 10.2. The molecule has 2 atom stereocenters. The highest BCUT2D eigenvalue weighted by Crippen LogP contribution is 2.14. The number of hydrogen-bond acceptors (Lipinski definition) is 4. The van der Waals surface area contributed by atoms with Crippen molar-refractivity contribution >= 4 is 0 Å². The van der Waals surface area contributed by atoms with E-state index in [2.05, 4.69) is 24.1 Å². The van der Waals surface area contributed by atoms with Crippen LogP contribution in [0.4, 0.5) is 0 Å². The molecule has 0 aromatic heterocycles. The van der Waals surface area contributed by atoms with Gasteiger partial charge in [0.05, 0.1) is 5.60 Å². The largest absolute Gasteiger partial charge is 0.388 e. The van der Waals surface area contributed by atoms with Crippen molar-refractivity contribution < 1.29 is 5.11 Å². The molecular formula is C15H33N3O. The third kappa shape index (κ3) is 6.70. The first kappa shape index (κ1) is 16.9. The maximum absolute atomic E-state index is 10.3. The molecule has 4 nitrogen and oxygen atoms in total. The first-order chi connectivity index (χ1) is 8.80. The predicted octanol–water partition coefficient (Wildman–Crippen LogP) is 1.15. The fourth-order valence-electron chi connectivity index (χ4n) is 2.94. The minimum Gasteiger partial charge on any atom is -0.388 e.